The van der Waals surface area contributed by atoms with Crippen LogP contribution in [0.4, 0.5) is 0 Å². The second-order valence-corrected chi connectivity index (χ2v) is 7.68. The van der Waals surface area contributed by atoms with Crippen LogP contribution in [-0.2, 0) is 13.0 Å². The molecule has 0 atom stereocenters. The molecule has 0 N–H and O–H groups in total. The highest BCUT2D eigenvalue weighted by Gasteiger charge is 2.13. The van der Waals surface area contributed by atoms with Crippen molar-refractivity contribution in [3.63, 3.8) is 0 Å². The largest absolute Gasteiger partial charge is 0.323 e. The number of hydrogen-bond acceptors (Lipinski definition) is 2. The van der Waals surface area contributed by atoms with Gasteiger partial charge in [0, 0.05) is 17.4 Å². The highest BCUT2D eigenvalue weighted by molar-refractivity contribution is 9.10. The van der Waals surface area contributed by atoms with Crippen LogP contribution < -0.4 is 0 Å². The van der Waals surface area contributed by atoms with Crippen molar-refractivity contribution in [3.05, 3.63) is 88.2 Å². The lowest BCUT2D eigenvalue weighted by Gasteiger charge is -2.10. The number of imidazole rings is 1. The Hall–Kier alpha value is -2.90. The molecule has 28 heavy (non-hydrogen) atoms. The van der Waals surface area contributed by atoms with E-state index in [0.29, 0.717) is 5.56 Å². The van der Waals surface area contributed by atoms with E-state index in [2.05, 4.69) is 69.9 Å². The average Bonchev–Trinajstić information content (AvgIpc) is 3.07. The summed E-state index contributed by atoms with van der Waals surface area (Å²) in [5.41, 5.74) is 6.12. The van der Waals surface area contributed by atoms with Gasteiger partial charge in [0.25, 0.3) is 0 Å². The van der Waals surface area contributed by atoms with E-state index in [1.807, 2.05) is 30.3 Å². The van der Waals surface area contributed by atoms with Crippen molar-refractivity contribution in [2.75, 3.05) is 0 Å². The molecular weight excluding hydrogens is 410 g/mol. The monoisotopic (exact) mass is 429 g/mol. The normalized spacial score (nSPS) is 10.9. The number of aromatic nitrogens is 2. The molecule has 0 bridgehead atoms. The maximum Gasteiger partial charge on any atom is 0.110 e. The third kappa shape index (κ3) is 3.46. The molecule has 0 spiro atoms. The lowest BCUT2D eigenvalue weighted by atomic mass is 9.99. The highest BCUT2D eigenvalue weighted by atomic mass is 79.9. The third-order valence-corrected chi connectivity index (χ3v) is 5.58. The number of aryl methyl sites for hydroxylation is 1. The smallest absolute Gasteiger partial charge is 0.110 e. The van der Waals surface area contributed by atoms with Crippen LogP contribution >= 0.6 is 15.9 Å². The van der Waals surface area contributed by atoms with Crippen molar-refractivity contribution >= 4 is 27.0 Å². The van der Waals surface area contributed by atoms with Gasteiger partial charge in [-0.15, -0.1) is 0 Å². The molecule has 1 aromatic heterocycles. The van der Waals surface area contributed by atoms with Crippen LogP contribution in [0.5, 0.6) is 0 Å². The number of benzene rings is 3. The van der Waals surface area contributed by atoms with Crippen LogP contribution in [0.15, 0.2) is 71.2 Å². The maximum atomic E-state index is 9.35. The molecule has 0 fully saturated rings. The van der Waals surface area contributed by atoms with Gasteiger partial charge < -0.3 is 4.57 Å². The molecule has 0 saturated carbocycles. The number of para-hydroxylation sites is 1. The summed E-state index contributed by atoms with van der Waals surface area (Å²) >= 11 is 3.63. The Labute approximate surface area is 173 Å². The molecule has 4 rings (SSSR count). The predicted molar refractivity (Wildman–Crippen MR) is 117 cm³/mol. The fraction of sp³-hybridized carbons (Fsp3) is 0.167. The minimum absolute atomic E-state index is 0.700. The fourth-order valence-corrected chi connectivity index (χ4v) is 4.00. The highest BCUT2D eigenvalue weighted by Crippen LogP contribution is 2.27. The minimum atomic E-state index is 0.700. The molecule has 4 heteroatoms. The zero-order chi connectivity index (χ0) is 19.5. The van der Waals surface area contributed by atoms with Crippen molar-refractivity contribution in [1.29, 1.82) is 5.26 Å². The van der Waals surface area contributed by atoms with Gasteiger partial charge in [0.05, 0.1) is 17.1 Å². The van der Waals surface area contributed by atoms with Crippen LogP contribution in [0.1, 0.15) is 30.3 Å². The number of halogens is 1. The summed E-state index contributed by atoms with van der Waals surface area (Å²) in [4.78, 5) is 4.87. The minimum Gasteiger partial charge on any atom is -0.323 e. The third-order valence-electron chi connectivity index (χ3n) is 4.94. The van der Waals surface area contributed by atoms with E-state index in [4.69, 9.17) is 4.98 Å². The summed E-state index contributed by atoms with van der Waals surface area (Å²) in [7, 11) is 0. The van der Waals surface area contributed by atoms with Crippen LogP contribution in [0.2, 0.25) is 0 Å². The Balaban J connectivity index is 1.70. The van der Waals surface area contributed by atoms with Gasteiger partial charge >= 0.3 is 0 Å². The summed E-state index contributed by atoms with van der Waals surface area (Å²) < 4.78 is 3.34. The van der Waals surface area contributed by atoms with Gasteiger partial charge in [0.2, 0.25) is 0 Å². The second kappa shape index (κ2) is 8.00. The topological polar surface area (TPSA) is 41.6 Å². The summed E-state index contributed by atoms with van der Waals surface area (Å²) in [6.45, 7) is 2.96. The number of fused-ring (bicyclic) bond motifs is 1. The van der Waals surface area contributed by atoms with Crippen molar-refractivity contribution in [2.24, 2.45) is 0 Å². The van der Waals surface area contributed by atoms with Crippen molar-refractivity contribution in [1.82, 2.24) is 9.55 Å². The molecule has 0 saturated heterocycles. The molecule has 0 radical (unpaired) electrons. The van der Waals surface area contributed by atoms with E-state index in [0.717, 1.165) is 51.8 Å². The average molecular weight is 430 g/mol. The first kappa shape index (κ1) is 18.5. The van der Waals surface area contributed by atoms with Gasteiger partial charge in [-0.05, 0) is 57.2 Å². The van der Waals surface area contributed by atoms with Gasteiger partial charge in [-0.25, -0.2) is 4.98 Å². The van der Waals surface area contributed by atoms with Gasteiger partial charge in [-0.2, -0.15) is 5.26 Å². The second-order valence-electron chi connectivity index (χ2n) is 6.83. The number of nitrogens with zero attached hydrogens (tertiary/aromatic N) is 3. The Morgan fingerprint density at radius 1 is 1.00 bits per heavy atom. The standard InChI is InChI=1S/C24H20BrN3/c1-2-6-23-27-24-21(25)9-5-10-22(24)28(23)16-17-11-13-18(14-12-17)20-8-4-3-7-19(20)15-26/h3-5,7-14H,2,6,16H2,1H3. The summed E-state index contributed by atoms with van der Waals surface area (Å²) in [6, 6.07) is 24.7. The maximum absolute atomic E-state index is 9.35. The molecule has 0 aliphatic carbocycles. The lowest BCUT2D eigenvalue weighted by molar-refractivity contribution is 0.722. The predicted octanol–water partition coefficient (Wildman–Crippen LogP) is 6.34. The molecule has 3 nitrogen and oxygen atoms in total. The lowest BCUT2D eigenvalue weighted by Crippen LogP contribution is -2.05. The SMILES string of the molecule is CCCc1nc2c(Br)cccc2n1Cc1ccc(-c2ccccc2C#N)cc1. The first-order valence-corrected chi connectivity index (χ1v) is 10.2. The van der Waals surface area contributed by atoms with Gasteiger partial charge in [0.1, 0.15) is 11.3 Å². The Morgan fingerprint density at radius 3 is 2.54 bits per heavy atom. The van der Waals surface area contributed by atoms with Gasteiger partial charge in [-0.3, -0.25) is 0 Å². The van der Waals surface area contributed by atoms with E-state index in [-0.39, 0.29) is 0 Å². The van der Waals surface area contributed by atoms with Gasteiger partial charge in [0.15, 0.2) is 0 Å². The molecular formula is C24H20BrN3. The summed E-state index contributed by atoms with van der Waals surface area (Å²) in [6.07, 6.45) is 2.01. The quantitative estimate of drug-likeness (QED) is 0.371. The van der Waals surface area contributed by atoms with Crippen LogP contribution in [0, 0.1) is 11.3 Å². The summed E-state index contributed by atoms with van der Waals surface area (Å²) in [5, 5.41) is 9.35. The van der Waals surface area contributed by atoms with E-state index >= 15 is 0 Å². The molecule has 4 aromatic rings. The zero-order valence-corrected chi connectivity index (χ0v) is 17.3. The van der Waals surface area contributed by atoms with E-state index in [1.165, 1.54) is 5.56 Å². The van der Waals surface area contributed by atoms with Crippen molar-refractivity contribution in [3.8, 4) is 17.2 Å². The Morgan fingerprint density at radius 2 is 1.79 bits per heavy atom. The Bertz CT molecular complexity index is 1170. The number of nitriles is 1. The number of hydrogen-bond donors (Lipinski definition) is 0. The summed E-state index contributed by atoms with van der Waals surface area (Å²) in [5.74, 6) is 1.11. The molecule has 3 aromatic carbocycles. The molecule has 0 aliphatic rings. The molecule has 0 unspecified atom stereocenters. The Kier molecular flexibility index (Phi) is 5.27. The van der Waals surface area contributed by atoms with E-state index < -0.39 is 0 Å². The first-order chi connectivity index (χ1) is 13.7. The first-order valence-electron chi connectivity index (χ1n) is 9.43. The van der Waals surface area contributed by atoms with Crippen molar-refractivity contribution < 1.29 is 0 Å². The van der Waals surface area contributed by atoms with Crippen LogP contribution in [0.25, 0.3) is 22.2 Å². The van der Waals surface area contributed by atoms with Gasteiger partial charge in [-0.1, -0.05) is 55.5 Å². The molecule has 1 heterocycles. The van der Waals surface area contributed by atoms with Crippen LogP contribution in [0.3, 0.4) is 0 Å². The van der Waals surface area contributed by atoms with Crippen LogP contribution in [-0.4, -0.2) is 9.55 Å². The van der Waals surface area contributed by atoms with Crippen molar-refractivity contribution in [2.45, 2.75) is 26.3 Å². The molecule has 0 aliphatic heterocycles. The molecule has 138 valence electrons. The fourth-order valence-electron chi connectivity index (χ4n) is 3.56. The molecule has 0 amide bonds. The zero-order valence-electron chi connectivity index (χ0n) is 15.7. The van der Waals surface area contributed by atoms with E-state index in [9.17, 15) is 5.26 Å². The van der Waals surface area contributed by atoms with E-state index in [1.54, 1.807) is 0 Å². The number of rotatable bonds is 5.